The summed E-state index contributed by atoms with van der Waals surface area (Å²) in [6, 6.07) is 8.76. The Hall–Kier alpha value is -1.06. The van der Waals surface area contributed by atoms with E-state index in [1.54, 1.807) is 7.11 Å². The lowest BCUT2D eigenvalue weighted by molar-refractivity contribution is 0.0604. The standard InChI is InChI=1S/C17H27NO2/c1-3-10-18-16(13-14-8-11-20-12-9-14)15-6-4-5-7-17(15)19-2/h4-7,14,16,18H,3,8-13H2,1-2H3. The van der Waals surface area contributed by atoms with Crippen LogP contribution in [0.15, 0.2) is 24.3 Å². The zero-order valence-electron chi connectivity index (χ0n) is 12.7. The van der Waals surface area contributed by atoms with Gasteiger partial charge in [0.05, 0.1) is 7.11 Å². The van der Waals surface area contributed by atoms with Crippen molar-refractivity contribution < 1.29 is 9.47 Å². The Kier molecular flexibility index (Phi) is 6.34. The van der Waals surface area contributed by atoms with Crippen molar-refractivity contribution in [3.05, 3.63) is 29.8 Å². The highest BCUT2D eigenvalue weighted by Gasteiger charge is 2.22. The maximum absolute atomic E-state index is 5.53. The summed E-state index contributed by atoms with van der Waals surface area (Å²) in [5.74, 6) is 1.75. The first kappa shape index (κ1) is 15.3. The van der Waals surface area contributed by atoms with Crippen LogP contribution < -0.4 is 10.1 Å². The summed E-state index contributed by atoms with van der Waals surface area (Å²) in [6.07, 6.45) is 4.68. The van der Waals surface area contributed by atoms with Crippen molar-refractivity contribution in [3.8, 4) is 5.75 Å². The minimum atomic E-state index is 0.384. The van der Waals surface area contributed by atoms with Gasteiger partial charge in [-0.1, -0.05) is 25.1 Å². The molecule has 0 saturated carbocycles. The molecule has 0 radical (unpaired) electrons. The number of rotatable bonds is 7. The maximum atomic E-state index is 5.53. The first-order chi connectivity index (χ1) is 9.85. The molecule has 1 unspecified atom stereocenters. The molecule has 1 aromatic carbocycles. The van der Waals surface area contributed by atoms with Crippen molar-refractivity contribution in [2.75, 3.05) is 26.9 Å². The Labute approximate surface area is 122 Å². The van der Waals surface area contributed by atoms with E-state index in [0.29, 0.717) is 6.04 Å². The number of para-hydroxylation sites is 1. The molecule has 1 aromatic rings. The predicted octanol–water partition coefficient (Wildman–Crippen LogP) is 3.55. The lowest BCUT2D eigenvalue weighted by Gasteiger charge is -2.28. The van der Waals surface area contributed by atoms with Gasteiger partial charge in [-0.05, 0) is 44.2 Å². The lowest BCUT2D eigenvalue weighted by atomic mass is 9.89. The smallest absolute Gasteiger partial charge is 0.123 e. The molecule has 0 amide bonds. The zero-order chi connectivity index (χ0) is 14.2. The van der Waals surface area contributed by atoms with Crippen molar-refractivity contribution in [2.24, 2.45) is 5.92 Å². The molecule has 1 atom stereocenters. The summed E-state index contributed by atoms with van der Waals surface area (Å²) in [7, 11) is 1.75. The molecular formula is C17H27NO2. The van der Waals surface area contributed by atoms with Crippen LogP contribution in [-0.4, -0.2) is 26.9 Å². The first-order valence-corrected chi connectivity index (χ1v) is 7.79. The number of hydrogen-bond donors (Lipinski definition) is 1. The fourth-order valence-electron chi connectivity index (χ4n) is 2.91. The Balaban J connectivity index is 2.08. The van der Waals surface area contributed by atoms with Crippen LogP contribution in [-0.2, 0) is 4.74 Å². The van der Waals surface area contributed by atoms with E-state index >= 15 is 0 Å². The average molecular weight is 277 g/mol. The van der Waals surface area contributed by atoms with Gasteiger partial charge in [-0.2, -0.15) is 0 Å². The van der Waals surface area contributed by atoms with Gasteiger partial charge in [0.2, 0.25) is 0 Å². The fraction of sp³-hybridized carbons (Fsp3) is 0.647. The van der Waals surface area contributed by atoms with Gasteiger partial charge in [0.1, 0.15) is 5.75 Å². The third-order valence-corrected chi connectivity index (χ3v) is 4.06. The Bertz CT molecular complexity index is 388. The highest BCUT2D eigenvalue weighted by molar-refractivity contribution is 5.35. The number of benzene rings is 1. The Morgan fingerprint density at radius 1 is 1.30 bits per heavy atom. The SMILES string of the molecule is CCCNC(CC1CCOCC1)c1ccccc1OC. The number of ether oxygens (including phenoxy) is 2. The van der Waals surface area contributed by atoms with Crippen LogP contribution in [0, 0.1) is 5.92 Å². The normalized spacial score (nSPS) is 17.9. The van der Waals surface area contributed by atoms with Crippen LogP contribution in [0.4, 0.5) is 0 Å². The van der Waals surface area contributed by atoms with Crippen molar-refractivity contribution in [1.29, 1.82) is 0 Å². The Morgan fingerprint density at radius 3 is 2.75 bits per heavy atom. The number of methoxy groups -OCH3 is 1. The largest absolute Gasteiger partial charge is 0.496 e. The second-order valence-corrected chi connectivity index (χ2v) is 5.54. The summed E-state index contributed by atoms with van der Waals surface area (Å²) in [5.41, 5.74) is 1.29. The monoisotopic (exact) mass is 277 g/mol. The minimum Gasteiger partial charge on any atom is -0.496 e. The molecule has 1 N–H and O–H groups in total. The van der Waals surface area contributed by atoms with E-state index in [1.807, 2.05) is 6.07 Å². The van der Waals surface area contributed by atoms with E-state index < -0.39 is 0 Å². The predicted molar refractivity (Wildman–Crippen MR) is 82.2 cm³/mol. The molecule has 1 fully saturated rings. The van der Waals surface area contributed by atoms with E-state index in [9.17, 15) is 0 Å². The summed E-state index contributed by atoms with van der Waals surface area (Å²) in [5, 5.41) is 3.69. The Morgan fingerprint density at radius 2 is 2.05 bits per heavy atom. The fourth-order valence-corrected chi connectivity index (χ4v) is 2.91. The van der Waals surface area contributed by atoms with Gasteiger partial charge < -0.3 is 14.8 Å². The second-order valence-electron chi connectivity index (χ2n) is 5.54. The third kappa shape index (κ3) is 4.22. The molecule has 1 heterocycles. The van der Waals surface area contributed by atoms with Crippen molar-refractivity contribution in [2.45, 2.75) is 38.6 Å². The van der Waals surface area contributed by atoms with Crippen molar-refractivity contribution in [1.82, 2.24) is 5.32 Å². The number of hydrogen-bond acceptors (Lipinski definition) is 3. The summed E-state index contributed by atoms with van der Waals surface area (Å²) >= 11 is 0. The molecule has 0 spiro atoms. The number of nitrogens with one attached hydrogen (secondary N) is 1. The van der Waals surface area contributed by atoms with Gasteiger partial charge in [-0.25, -0.2) is 0 Å². The molecule has 1 aliphatic rings. The van der Waals surface area contributed by atoms with Crippen LogP contribution in [0.1, 0.15) is 44.2 Å². The molecule has 2 rings (SSSR count). The van der Waals surface area contributed by atoms with Crippen molar-refractivity contribution >= 4 is 0 Å². The molecule has 112 valence electrons. The molecular weight excluding hydrogens is 250 g/mol. The van der Waals surface area contributed by atoms with Gasteiger partial charge in [-0.15, -0.1) is 0 Å². The van der Waals surface area contributed by atoms with E-state index in [1.165, 1.54) is 24.8 Å². The summed E-state index contributed by atoms with van der Waals surface area (Å²) in [6.45, 7) is 5.08. The van der Waals surface area contributed by atoms with E-state index in [4.69, 9.17) is 9.47 Å². The topological polar surface area (TPSA) is 30.5 Å². The van der Waals surface area contributed by atoms with E-state index in [2.05, 4.69) is 30.4 Å². The average Bonchev–Trinajstić information content (AvgIpc) is 2.52. The quantitative estimate of drug-likeness (QED) is 0.826. The molecule has 0 aliphatic carbocycles. The molecule has 20 heavy (non-hydrogen) atoms. The third-order valence-electron chi connectivity index (χ3n) is 4.06. The maximum Gasteiger partial charge on any atom is 0.123 e. The molecule has 1 saturated heterocycles. The van der Waals surface area contributed by atoms with E-state index in [-0.39, 0.29) is 0 Å². The van der Waals surface area contributed by atoms with Crippen LogP contribution in [0.25, 0.3) is 0 Å². The molecule has 1 aliphatic heterocycles. The summed E-state index contributed by atoms with van der Waals surface area (Å²) in [4.78, 5) is 0. The van der Waals surface area contributed by atoms with Gasteiger partial charge in [-0.3, -0.25) is 0 Å². The first-order valence-electron chi connectivity index (χ1n) is 7.79. The van der Waals surface area contributed by atoms with Gasteiger partial charge in [0, 0.05) is 24.8 Å². The van der Waals surface area contributed by atoms with Crippen LogP contribution in [0.5, 0.6) is 5.75 Å². The van der Waals surface area contributed by atoms with Gasteiger partial charge in [0.15, 0.2) is 0 Å². The van der Waals surface area contributed by atoms with Gasteiger partial charge >= 0.3 is 0 Å². The van der Waals surface area contributed by atoms with E-state index in [0.717, 1.165) is 37.8 Å². The second kappa shape index (κ2) is 8.28. The minimum absolute atomic E-state index is 0.384. The zero-order valence-corrected chi connectivity index (χ0v) is 12.7. The summed E-state index contributed by atoms with van der Waals surface area (Å²) < 4.78 is 11.0. The molecule has 0 bridgehead atoms. The van der Waals surface area contributed by atoms with Crippen molar-refractivity contribution in [3.63, 3.8) is 0 Å². The molecule has 0 aromatic heterocycles. The lowest BCUT2D eigenvalue weighted by Crippen LogP contribution is -2.27. The van der Waals surface area contributed by atoms with Gasteiger partial charge in [0.25, 0.3) is 0 Å². The van der Waals surface area contributed by atoms with Crippen LogP contribution >= 0.6 is 0 Å². The highest BCUT2D eigenvalue weighted by Crippen LogP contribution is 2.32. The highest BCUT2D eigenvalue weighted by atomic mass is 16.5. The molecule has 3 heteroatoms. The molecule has 3 nitrogen and oxygen atoms in total. The van der Waals surface area contributed by atoms with Crippen LogP contribution in [0.2, 0.25) is 0 Å². The van der Waals surface area contributed by atoms with Crippen LogP contribution in [0.3, 0.4) is 0 Å².